The van der Waals surface area contributed by atoms with Crippen molar-refractivity contribution in [1.29, 1.82) is 0 Å². The first-order valence-electron chi connectivity index (χ1n) is 6.29. The van der Waals surface area contributed by atoms with Gasteiger partial charge in [-0.25, -0.2) is 4.39 Å². The van der Waals surface area contributed by atoms with E-state index in [1.165, 1.54) is 13.2 Å². The molecule has 1 aliphatic carbocycles. The smallest absolute Gasteiger partial charge is 0.313 e. The van der Waals surface area contributed by atoms with Gasteiger partial charge in [-0.3, -0.25) is 10.1 Å². The summed E-state index contributed by atoms with van der Waals surface area (Å²) in [6.07, 6.45) is 3.09. The molecule has 0 aromatic heterocycles. The molecule has 1 aliphatic rings. The molecule has 0 aliphatic heterocycles. The molecule has 1 aromatic carbocycles. The number of nitrogens with one attached hydrogen (secondary N) is 1. The van der Waals surface area contributed by atoms with E-state index in [4.69, 9.17) is 4.74 Å². The van der Waals surface area contributed by atoms with Gasteiger partial charge in [0.25, 0.3) is 0 Å². The second-order valence-corrected chi connectivity index (χ2v) is 5.02. The Hall–Kier alpha value is -1.85. The molecule has 1 fully saturated rings. The van der Waals surface area contributed by atoms with Crippen molar-refractivity contribution < 1.29 is 14.1 Å². The van der Waals surface area contributed by atoms with Crippen LogP contribution in [0.1, 0.15) is 26.2 Å². The van der Waals surface area contributed by atoms with Gasteiger partial charge in [0.2, 0.25) is 0 Å². The van der Waals surface area contributed by atoms with Crippen molar-refractivity contribution in [1.82, 2.24) is 0 Å². The second-order valence-electron chi connectivity index (χ2n) is 5.02. The Morgan fingerprint density at radius 3 is 2.74 bits per heavy atom. The fourth-order valence-corrected chi connectivity index (χ4v) is 2.52. The zero-order valence-corrected chi connectivity index (χ0v) is 11.0. The highest BCUT2D eigenvalue weighted by Crippen LogP contribution is 2.34. The number of hydrogen-bond acceptors (Lipinski definition) is 4. The van der Waals surface area contributed by atoms with Gasteiger partial charge in [0.05, 0.1) is 23.8 Å². The van der Waals surface area contributed by atoms with E-state index < -0.39 is 10.7 Å². The van der Waals surface area contributed by atoms with Gasteiger partial charge in [0.15, 0.2) is 11.6 Å². The molecule has 104 valence electrons. The standard InChI is InChI=1S/C13H17FN2O3/c1-8-3-4-9(5-8)15-11-7-13(19-2)12(16(17)18)6-10(11)14/h6-9,15H,3-5H2,1-2H3. The maximum atomic E-state index is 13.9. The van der Waals surface area contributed by atoms with E-state index >= 15 is 0 Å². The van der Waals surface area contributed by atoms with Crippen LogP contribution >= 0.6 is 0 Å². The van der Waals surface area contributed by atoms with E-state index in [9.17, 15) is 14.5 Å². The molecule has 2 rings (SSSR count). The fourth-order valence-electron chi connectivity index (χ4n) is 2.52. The van der Waals surface area contributed by atoms with Gasteiger partial charge < -0.3 is 10.1 Å². The van der Waals surface area contributed by atoms with Crippen LogP contribution in [0.5, 0.6) is 5.75 Å². The third kappa shape index (κ3) is 2.94. The van der Waals surface area contributed by atoms with Crippen LogP contribution in [0.3, 0.4) is 0 Å². The third-order valence-corrected chi connectivity index (χ3v) is 3.52. The Bertz CT molecular complexity index is 493. The SMILES string of the molecule is COc1cc(NC2CCC(C)C2)c(F)cc1[N+](=O)[O-]. The summed E-state index contributed by atoms with van der Waals surface area (Å²) >= 11 is 0. The van der Waals surface area contributed by atoms with Crippen LogP contribution < -0.4 is 10.1 Å². The van der Waals surface area contributed by atoms with Gasteiger partial charge in [-0.05, 0) is 25.2 Å². The van der Waals surface area contributed by atoms with E-state index in [0.29, 0.717) is 5.92 Å². The zero-order valence-electron chi connectivity index (χ0n) is 11.0. The largest absolute Gasteiger partial charge is 0.490 e. The Kier molecular flexibility index (Phi) is 3.87. The van der Waals surface area contributed by atoms with Crippen LogP contribution in [-0.4, -0.2) is 18.1 Å². The monoisotopic (exact) mass is 268 g/mol. The number of methoxy groups -OCH3 is 1. The lowest BCUT2D eigenvalue weighted by Gasteiger charge is -2.15. The summed E-state index contributed by atoms with van der Waals surface area (Å²) in [5, 5.41) is 13.9. The quantitative estimate of drug-likeness (QED) is 0.672. The molecule has 2 unspecified atom stereocenters. The highest BCUT2D eigenvalue weighted by molar-refractivity contribution is 5.59. The van der Waals surface area contributed by atoms with E-state index in [0.717, 1.165) is 25.3 Å². The molecule has 0 bridgehead atoms. The number of ether oxygens (including phenoxy) is 1. The van der Waals surface area contributed by atoms with Crippen molar-refractivity contribution in [3.05, 3.63) is 28.1 Å². The first-order chi connectivity index (χ1) is 9.01. The number of nitrogens with zero attached hydrogens (tertiary/aromatic N) is 1. The topological polar surface area (TPSA) is 64.4 Å². The minimum Gasteiger partial charge on any atom is -0.490 e. The molecule has 6 heteroatoms. The van der Waals surface area contributed by atoms with Crippen LogP contribution in [0.25, 0.3) is 0 Å². The van der Waals surface area contributed by atoms with E-state index in [1.54, 1.807) is 0 Å². The summed E-state index contributed by atoms with van der Waals surface area (Å²) in [5.41, 5.74) is -0.0908. The minimum atomic E-state index is -0.649. The van der Waals surface area contributed by atoms with E-state index in [2.05, 4.69) is 12.2 Å². The predicted octanol–water partition coefficient (Wildman–Crippen LogP) is 3.34. The van der Waals surface area contributed by atoms with Crippen molar-refractivity contribution in [2.24, 2.45) is 5.92 Å². The van der Waals surface area contributed by atoms with Crippen LogP contribution in [-0.2, 0) is 0 Å². The van der Waals surface area contributed by atoms with Crippen molar-refractivity contribution in [3.8, 4) is 5.75 Å². The highest BCUT2D eigenvalue weighted by atomic mass is 19.1. The van der Waals surface area contributed by atoms with Crippen LogP contribution in [0.15, 0.2) is 12.1 Å². The van der Waals surface area contributed by atoms with Gasteiger partial charge in [0, 0.05) is 12.1 Å². The maximum absolute atomic E-state index is 13.9. The number of benzene rings is 1. The van der Waals surface area contributed by atoms with Crippen molar-refractivity contribution >= 4 is 11.4 Å². The zero-order chi connectivity index (χ0) is 14.0. The molecule has 2 atom stereocenters. The molecule has 0 spiro atoms. The van der Waals surface area contributed by atoms with Crippen molar-refractivity contribution in [2.75, 3.05) is 12.4 Å². The Morgan fingerprint density at radius 2 is 2.21 bits per heavy atom. The molecule has 0 saturated heterocycles. The molecule has 19 heavy (non-hydrogen) atoms. The second kappa shape index (κ2) is 5.42. The summed E-state index contributed by atoms with van der Waals surface area (Å²) in [6.45, 7) is 2.16. The lowest BCUT2D eigenvalue weighted by atomic mass is 10.1. The van der Waals surface area contributed by atoms with E-state index in [-0.39, 0.29) is 23.2 Å². The normalized spacial score (nSPS) is 22.3. The summed E-state index contributed by atoms with van der Waals surface area (Å²) in [5.74, 6) is 0.0764. The number of rotatable bonds is 4. The summed E-state index contributed by atoms with van der Waals surface area (Å²) in [7, 11) is 1.33. The number of anilines is 1. The number of nitro groups is 1. The average Bonchev–Trinajstić information content (AvgIpc) is 2.76. The average molecular weight is 268 g/mol. The number of nitro benzene ring substituents is 1. The molecule has 0 heterocycles. The molecule has 1 saturated carbocycles. The molecule has 1 N–H and O–H groups in total. The van der Waals surface area contributed by atoms with Gasteiger partial charge in [-0.2, -0.15) is 0 Å². The highest BCUT2D eigenvalue weighted by Gasteiger charge is 2.24. The predicted molar refractivity (Wildman–Crippen MR) is 70.0 cm³/mol. The van der Waals surface area contributed by atoms with Gasteiger partial charge in [-0.15, -0.1) is 0 Å². The van der Waals surface area contributed by atoms with Crippen LogP contribution in [0, 0.1) is 21.8 Å². The lowest BCUT2D eigenvalue weighted by Crippen LogP contribution is -2.16. The lowest BCUT2D eigenvalue weighted by molar-refractivity contribution is -0.385. The Labute approximate surface area is 110 Å². The minimum absolute atomic E-state index is 0.0694. The number of hydrogen-bond donors (Lipinski definition) is 1. The molecular formula is C13H17FN2O3. The summed E-state index contributed by atoms with van der Waals surface area (Å²) in [6, 6.07) is 2.48. The third-order valence-electron chi connectivity index (χ3n) is 3.52. The summed E-state index contributed by atoms with van der Waals surface area (Å²) < 4.78 is 18.8. The van der Waals surface area contributed by atoms with Gasteiger partial charge in [-0.1, -0.05) is 6.92 Å². The molecule has 1 aromatic rings. The van der Waals surface area contributed by atoms with Crippen LogP contribution in [0.4, 0.5) is 15.8 Å². The van der Waals surface area contributed by atoms with Crippen LogP contribution in [0.2, 0.25) is 0 Å². The number of halogens is 1. The molecule has 0 radical (unpaired) electrons. The first kappa shape index (κ1) is 13.6. The summed E-state index contributed by atoms with van der Waals surface area (Å²) in [4.78, 5) is 10.1. The van der Waals surface area contributed by atoms with Crippen molar-refractivity contribution in [2.45, 2.75) is 32.2 Å². The van der Waals surface area contributed by atoms with Crippen molar-refractivity contribution in [3.63, 3.8) is 0 Å². The fraction of sp³-hybridized carbons (Fsp3) is 0.538. The van der Waals surface area contributed by atoms with Gasteiger partial charge >= 0.3 is 5.69 Å². The maximum Gasteiger partial charge on any atom is 0.313 e. The molecule has 5 nitrogen and oxygen atoms in total. The Balaban J connectivity index is 2.23. The molecular weight excluding hydrogens is 251 g/mol. The van der Waals surface area contributed by atoms with E-state index in [1.807, 2.05) is 0 Å². The van der Waals surface area contributed by atoms with Gasteiger partial charge in [0.1, 0.15) is 0 Å². The molecule has 0 amide bonds. The Morgan fingerprint density at radius 1 is 1.47 bits per heavy atom. The first-order valence-corrected chi connectivity index (χ1v) is 6.29.